The molecule has 4 nitrogen and oxygen atoms in total. The van der Waals surface area contributed by atoms with Gasteiger partial charge in [0.2, 0.25) is 0 Å². The number of hydrogen-bond donors (Lipinski definition) is 2. The second kappa shape index (κ2) is 8.00. The monoisotopic (exact) mass is 378 g/mol. The van der Waals surface area contributed by atoms with Crippen LogP contribution in [0.15, 0.2) is 64.0 Å². The standard InChI is InChI=1S/C16H15BrN2O2S/c1-11(22-12-7-3-2-4-8-12)15(20)18-19-16(21)13-9-5-6-10-14(13)17/h2-11H,1H3,(H,18,20)(H,19,21)/t11-/m1/s1. The van der Waals surface area contributed by atoms with Crippen molar-refractivity contribution in [3.63, 3.8) is 0 Å². The maximum Gasteiger partial charge on any atom is 0.270 e. The molecule has 2 N–H and O–H groups in total. The zero-order valence-electron chi connectivity index (χ0n) is 11.9. The van der Waals surface area contributed by atoms with Gasteiger partial charge in [-0.25, -0.2) is 0 Å². The predicted octanol–water partition coefficient (Wildman–Crippen LogP) is 3.39. The van der Waals surface area contributed by atoms with Gasteiger partial charge in [-0.1, -0.05) is 30.3 Å². The molecule has 0 fully saturated rings. The maximum absolute atomic E-state index is 12.0. The minimum absolute atomic E-state index is 0.255. The predicted molar refractivity (Wildman–Crippen MR) is 91.5 cm³/mol. The summed E-state index contributed by atoms with van der Waals surface area (Å²) in [5.74, 6) is -0.619. The fourth-order valence-corrected chi connectivity index (χ4v) is 3.04. The Morgan fingerprint density at radius 3 is 2.32 bits per heavy atom. The average molecular weight is 379 g/mol. The quantitative estimate of drug-likeness (QED) is 0.633. The molecule has 0 spiro atoms. The second-order valence-corrected chi connectivity index (χ2v) is 6.76. The van der Waals surface area contributed by atoms with Crippen LogP contribution >= 0.6 is 27.7 Å². The van der Waals surface area contributed by atoms with Gasteiger partial charge in [0.15, 0.2) is 0 Å². The first-order valence-corrected chi connectivity index (χ1v) is 8.31. The van der Waals surface area contributed by atoms with Crippen molar-refractivity contribution >= 4 is 39.5 Å². The van der Waals surface area contributed by atoms with Crippen molar-refractivity contribution in [1.29, 1.82) is 0 Å². The summed E-state index contributed by atoms with van der Waals surface area (Å²) in [6.45, 7) is 1.79. The Hall–Kier alpha value is -1.79. The number of nitrogens with one attached hydrogen (secondary N) is 2. The van der Waals surface area contributed by atoms with E-state index in [1.165, 1.54) is 11.8 Å². The molecule has 1 atom stereocenters. The van der Waals surface area contributed by atoms with E-state index in [0.29, 0.717) is 10.0 Å². The van der Waals surface area contributed by atoms with E-state index in [4.69, 9.17) is 0 Å². The lowest BCUT2D eigenvalue weighted by Crippen LogP contribution is -2.45. The number of rotatable bonds is 4. The van der Waals surface area contributed by atoms with Gasteiger partial charge in [0.1, 0.15) is 0 Å². The number of carbonyl (C=O) groups excluding carboxylic acids is 2. The Morgan fingerprint density at radius 2 is 1.64 bits per heavy atom. The lowest BCUT2D eigenvalue weighted by atomic mass is 10.2. The van der Waals surface area contributed by atoms with Crippen LogP contribution in [-0.4, -0.2) is 17.1 Å². The van der Waals surface area contributed by atoms with Gasteiger partial charge < -0.3 is 0 Å². The van der Waals surface area contributed by atoms with E-state index in [9.17, 15) is 9.59 Å². The number of carbonyl (C=O) groups is 2. The molecule has 0 unspecified atom stereocenters. The smallest absolute Gasteiger partial charge is 0.270 e. The van der Waals surface area contributed by atoms with Crippen LogP contribution in [0.2, 0.25) is 0 Å². The molecule has 6 heteroatoms. The minimum Gasteiger partial charge on any atom is -0.272 e. The molecule has 2 aromatic carbocycles. The number of halogens is 1. The molecule has 0 heterocycles. The minimum atomic E-state index is -0.363. The number of benzene rings is 2. The molecule has 22 heavy (non-hydrogen) atoms. The van der Waals surface area contributed by atoms with Crippen LogP contribution in [0, 0.1) is 0 Å². The third-order valence-electron chi connectivity index (χ3n) is 2.84. The van der Waals surface area contributed by atoms with Crippen molar-refractivity contribution < 1.29 is 9.59 Å². The van der Waals surface area contributed by atoms with Gasteiger partial charge in [-0.2, -0.15) is 0 Å². The largest absolute Gasteiger partial charge is 0.272 e. The van der Waals surface area contributed by atoms with E-state index in [2.05, 4.69) is 26.8 Å². The van der Waals surface area contributed by atoms with Gasteiger partial charge >= 0.3 is 0 Å². The van der Waals surface area contributed by atoms with Crippen molar-refractivity contribution in [2.24, 2.45) is 0 Å². The second-order valence-electron chi connectivity index (χ2n) is 4.50. The summed E-state index contributed by atoms with van der Waals surface area (Å²) in [6, 6.07) is 16.7. The summed E-state index contributed by atoms with van der Waals surface area (Å²) in [4.78, 5) is 25.0. The Labute approximate surface area is 141 Å². The SMILES string of the molecule is C[C@@H](Sc1ccccc1)C(=O)NNC(=O)c1ccccc1Br. The van der Waals surface area contributed by atoms with E-state index >= 15 is 0 Å². The Bertz CT molecular complexity index is 664. The topological polar surface area (TPSA) is 58.2 Å². The highest BCUT2D eigenvalue weighted by atomic mass is 79.9. The molecule has 114 valence electrons. The molecular weight excluding hydrogens is 364 g/mol. The van der Waals surface area contributed by atoms with Gasteiger partial charge in [0.25, 0.3) is 11.8 Å². The van der Waals surface area contributed by atoms with Gasteiger partial charge in [-0.15, -0.1) is 11.8 Å². The first-order chi connectivity index (χ1) is 10.6. The lowest BCUT2D eigenvalue weighted by molar-refractivity contribution is -0.121. The molecule has 2 aromatic rings. The third kappa shape index (κ3) is 4.61. The van der Waals surface area contributed by atoms with Gasteiger partial charge in [0, 0.05) is 9.37 Å². The Morgan fingerprint density at radius 1 is 1.00 bits per heavy atom. The summed E-state index contributed by atoms with van der Waals surface area (Å²) in [6.07, 6.45) is 0. The molecule has 0 aliphatic heterocycles. The zero-order valence-corrected chi connectivity index (χ0v) is 14.3. The summed E-state index contributed by atoms with van der Waals surface area (Å²) in [7, 11) is 0. The van der Waals surface area contributed by atoms with Crippen LogP contribution in [0.3, 0.4) is 0 Å². The van der Waals surface area contributed by atoms with Crippen LogP contribution in [-0.2, 0) is 4.79 Å². The van der Waals surface area contributed by atoms with Crippen molar-refractivity contribution in [2.75, 3.05) is 0 Å². The lowest BCUT2D eigenvalue weighted by Gasteiger charge is -2.13. The molecule has 0 saturated heterocycles. The molecule has 0 aromatic heterocycles. The van der Waals surface area contributed by atoms with Crippen LogP contribution in [0.1, 0.15) is 17.3 Å². The van der Waals surface area contributed by atoms with E-state index in [1.807, 2.05) is 36.4 Å². The highest BCUT2D eigenvalue weighted by Crippen LogP contribution is 2.22. The summed E-state index contributed by atoms with van der Waals surface area (Å²) >= 11 is 4.73. The molecule has 2 rings (SSSR count). The van der Waals surface area contributed by atoms with E-state index in [1.54, 1.807) is 25.1 Å². The summed E-state index contributed by atoms with van der Waals surface area (Å²) in [5.41, 5.74) is 5.34. The highest BCUT2D eigenvalue weighted by Gasteiger charge is 2.16. The van der Waals surface area contributed by atoms with Gasteiger partial charge in [-0.3, -0.25) is 20.4 Å². The van der Waals surface area contributed by atoms with Crippen LogP contribution in [0.5, 0.6) is 0 Å². The number of hydrogen-bond acceptors (Lipinski definition) is 3. The maximum atomic E-state index is 12.0. The number of thioether (sulfide) groups is 1. The van der Waals surface area contributed by atoms with Gasteiger partial charge in [0.05, 0.1) is 10.8 Å². The highest BCUT2D eigenvalue weighted by molar-refractivity contribution is 9.10. The normalized spacial score (nSPS) is 11.5. The van der Waals surface area contributed by atoms with Crippen molar-refractivity contribution in [1.82, 2.24) is 10.9 Å². The number of amides is 2. The van der Waals surface area contributed by atoms with Crippen LogP contribution in [0.25, 0.3) is 0 Å². The summed E-state index contributed by atoms with van der Waals surface area (Å²) < 4.78 is 0.674. The van der Waals surface area contributed by atoms with Crippen molar-refractivity contribution in [3.8, 4) is 0 Å². The number of hydrazine groups is 1. The van der Waals surface area contributed by atoms with E-state index < -0.39 is 0 Å². The third-order valence-corrected chi connectivity index (χ3v) is 4.65. The zero-order chi connectivity index (χ0) is 15.9. The first kappa shape index (κ1) is 16.6. The van der Waals surface area contributed by atoms with E-state index in [0.717, 1.165) is 4.90 Å². The Kier molecular flexibility index (Phi) is 6.03. The molecule has 0 bridgehead atoms. The molecule has 0 saturated carbocycles. The molecule has 0 aliphatic carbocycles. The molecular formula is C16H15BrN2O2S. The fourth-order valence-electron chi connectivity index (χ4n) is 1.69. The molecule has 2 amide bonds. The van der Waals surface area contributed by atoms with Gasteiger partial charge in [-0.05, 0) is 47.1 Å². The average Bonchev–Trinajstić information content (AvgIpc) is 2.53. The van der Waals surface area contributed by atoms with Crippen LogP contribution < -0.4 is 10.9 Å². The molecule has 0 aliphatic rings. The first-order valence-electron chi connectivity index (χ1n) is 6.64. The Balaban J connectivity index is 1.87. The molecule has 0 radical (unpaired) electrons. The van der Waals surface area contributed by atoms with Crippen LogP contribution in [0.4, 0.5) is 0 Å². The van der Waals surface area contributed by atoms with Crippen molar-refractivity contribution in [2.45, 2.75) is 17.1 Å². The van der Waals surface area contributed by atoms with E-state index in [-0.39, 0.29) is 17.1 Å². The summed E-state index contributed by atoms with van der Waals surface area (Å²) in [5, 5.41) is -0.318. The van der Waals surface area contributed by atoms with Crippen molar-refractivity contribution in [3.05, 3.63) is 64.6 Å². The fraction of sp³-hybridized carbons (Fsp3) is 0.125.